The van der Waals surface area contributed by atoms with E-state index in [2.05, 4.69) is 0 Å². The molecule has 0 aliphatic rings. The summed E-state index contributed by atoms with van der Waals surface area (Å²) in [6.07, 6.45) is 0.759. The van der Waals surface area contributed by atoms with Crippen molar-refractivity contribution in [3.63, 3.8) is 0 Å². The summed E-state index contributed by atoms with van der Waals surface area (Å²) in [5.74, 6) is -0.379. The molecule has 1 amide bonds. The zero-order valence-electron chi connectivity index (χ0n) is 6.59. The van der Waals surface area contributed by atoms with Gasteiger partial charge in [-0.05, 0) is 13.3 Å². The fourth-order valence-electron chi connectivity index (χ4n) is 0.661. The van der Waals surface area contributed by atoms with Crippen molar-refractivity contribution < 1.29 is 9.53 Å². The van der Waals surface area contributed by atoms with Crippen molar-refractivity contribution in [2.45, 2.75) is 20.3 Å². The Morgan fingerprint density at radius 1 is 1.60 bits per heavy atom. The van der Waals surface area contributed by atoms with Gasteiger partial charge in [-0.25, -0.2) is 0 Å². The average molecular weight is 145 g/mol. The number of rotatable bonds is 5. The molecule has 0 aliphatic heterocycles. The second-order valence-electron chi connectivity index (χ2n) is 2.17. The molecular weight excluding hydrogens is 130 g/mol. The average Bonchev–Trinajstić information content (AvgIpc) is 1.89. The molecule has 0 aromatic carbocycles. The number of hydrogen-bond donors (Lipinski definition) is 1. The third-order valence-electron chi connectivity index (χ3n) is 1.42. The van der Waals surface area contributed by atoms with Crippen LogP contribution in [0.3, 0.4) is 0 Å². The summed E-state index contributed by atoms with van der Waals surface area (Å²) < 4.78 is 5.05. The molecule has 0 rings (SSSR count). The normalized spacial score (nSPS) is 13.0. The van der Waals surface area contributed by atoms with Crippen LogP contribution in [0.15, 0.2) is 0 Å². The summed E-state index contributed by atoms with van der Waals surface area (Å²) >= 11 is 0. The molecule has 0 bridgehead atoms. The standard InChI is InChI=1S/C7H15NO2/c1-3-6(7(8)9)5-10-4-2/h6H,3-5H2,1-2H3,(H2,8,9). The third-order valence-corrected chi connectivity index (χ3v) is 1.42. The maximum atomic E-state index is 10.6. The van der Waals surface area contributed by atoms with Crippen molar-refractivity contribution in [3.05, 3.63) is 0 Å². The van der Waals surface area contributed by atoms with Crippen LogP contribution in [0.25, 0.3) is 0 Å². The summed E-state index contributed by atoms with van der Waals surface area (Å²) in [5, 5.41) is 0. The Labute approximate surface area is 61.5 Å². The number of nitrogens with two attached hydrogens (primary N) is 1. The Morgan fingerprint density at radius 2 is 2.20 bits per heavy atom. The fourth-order valence-corrected chi connectivity index (χ4v) is 0.661. The minimum absolute atomic E-state index is 0.111. The van der Waals surface area contributed by atoms with Crippen LogP contribution in [0.1, 0.15) is 20.3 Å². The molecule has 3 heteroatoms. The van der Waals surface area contributed by atoms with E-state index in [1.54, 1.807) is 0 Å². The lowest BCUT2D eigenvalue weighted by molar-refractivity contribution is -0.123. The van der Waals surface area contributed by atoms with E-state index in [1.807, 2.05) is 13.8 Å². The smallest absolute Gasteiger partial charge is 0.222 e. The molecule has 60 valence electrons. The van der Waals surface area contributed by atoms with Gasteiger partial charge in [0, 0.05) is 6.61 Å². The van der Waals surface area contributed by atoms with E-state index in [1.165, 1.54) is 0 Å². The van der Waals surface area contributed by atoms with Crippen molar-refractivity contribution >= 4 is 5.91 Å². The molecule has 0 fully saturated rings. The molecular formula is C7H15NO2. The van der Waals surface area contributed by atoms with E-state index in [0.29, 0.717) is 13.2 Å². The predicted octanol–water partition coefficient (Wildman–Crippen LogP) is 0.534. The number of ether oxygens (including phenoxy) is 1. The molecule has 2 N–H and O–H groups in total. The molecule has 0 heterocycles. The van der Waals surface area contributed by atoms with Crippen LogP contribution in [0, 0.1) is 5.92 Å². The Morgan fingerprint density at radius 3 is 2.50 bits per heavy atom. The van der Waals surface area contributed by atoms with E-state index in [4.69, 9.17) is 10.5 Å². The van der Waals surface area contributed by atoms with Crippen LogP contribution in [0.5, 0.6) is 0 Å². The first-order valence-corrected chi connectivity index (χ1v) is 3.59. The maximum Gasteiger partial charge on any atom is 0.222 e. The van der Waals surface area contributed by atoms with Crippen molar-refractivity contribution in [1.82, 2.24) is 0 Å². The van der Waals surface area contributed by atoms with Gasteiger partial charge in [0.15, 0.2) is 0 Å². The summed E-state index contributed by atoms with van der Waals surface area (Å²) in [4.78, 5) is 10.6. The highest BCUT2D eigenvalue weighted by Crippen LogP contribution is 2.00. The van der Waals surface area contributed by atoms with E-state index >= 15 is 0 Å². The lowest BCUT2D eigenvalue weighted by Crippen LogP contribution is -2.26. The van der Waals surface area contributed by atoms with Crippen molar-refractivity contribution in [2.75, 3.05) is 13.2 Å². The van der Waals surface area contributed by atoms with Gasteiger partial charge in [0.25, 0.3) is 0 Å². The minimum Gasteiger partial charge on any atom is -0.381 e. The quantitative estimate of drug-likeness (QED) is 0.613. The molecule has 0 aromatic rings. The van der Waals surface area contributed by atoms with Gasteiger partial charge in [0.05, 0.1) is 12.5 Å². The van der Waals surface area contributed by atoms with Crippen LogP contribution >= 0.6 is 0 Å². The molecule has 10 heavy (non-hydrogen) atoms. The van der Waals surface area contributed by atoms with E-state index in [9.17, 15) is 4.79 Å². The molecule has 3 nitrogen and oxygen atoms in total. The Hall–Kier alpha value is -0.570. The van der Waals surface area contributed by atoms with Gasteiger partial charge in [-0.15, -0.1) is 0 Å². The molecule has 0 radical (unpaired) electrons. The second-order valence-corrected chi connectivity index (χ2v) is 2.17. The molecule has 0 aliphatic carbocycles. The molecule has 0 saturated heterocycles. The number of amides is 1. The van der Waals surface area contributed by atoms with Crippen LogP contribution < -0.4 is 5.73 Å². The van der Waals surface area contributed by atoms with E-state index < -0.39 is 0 Å². The van der Waals surface area contributed by atoms with Gasteiger partial charge >= 0.3 is 0 Å². The summed E-state index contributed by atoms with van der Waals surface area (Å²) in [6.45, 7) is 4.92. The maximum absolute atomic E-state index is 10.6. The Bertz CT molecular complexity index is 104. The summed E-state index contributed by atoms with van der Waals surface area (Å²) in [5.41, 5.74) is 5.07. The first-order chi connectivity index (χ1) is 4.72. The van der Waals surface area contributed by atoms with Crippen LogP contribution in [0.2, 0.25) is 0 Å². The number of primary amides is 1. The second kappa shape index (κ2) is 5.23. The molecule has 1 unspecified atom stereocenters. The Balaban J connectivity index is 3.50. The molecule has 0 aromatic heterocycles. The zero-order chi connectivity index (χ0) is 7.98. The van der Waals surface area contributed by atoms with E-state index in [0.717, 1.165) is 6.42 Å². The third kappa shape index (κ3) is 3.45. The van der Waals surface area contributed by atoms with Gasteiger partial charge in [-0.1, -0.05) is 6.92 Å². The van der Waals surface area contributed by atoms with E-state index in [-0.39, 0.29) is 11.8 Å². The van der Waals surface area contributed by atoms with Crippen molar-refractivity contribution in [3.8, 4) is 0 Å². The summed E-state index contributed by atoms with van der Waals surface area (Å²) in [7, 11) is 0. The highest BCUT2D eigenvalue weighted by atomic mass is 16.5. The fraction of sp³-hybridized carbons (Fsp3) is 0.857. The van der Waals surface area contributed by atoms with Crippen molar-refractivity contribution in [2.24, 2.45) is 11.7 Å². The van der Waals surface area contributed by atoms with Gasteiger partial charge < -0.3 is 10.5 Å². The first-order valence-electron chi connectivity index (χ1n) is 3.59. The Kier molecular flexibility index (Phi) is 4.94. The molecule has 1 atom stereocenters. The van der Waals surface area contributed by atoms with Crippen LogP contribution in [-0.4, -0.2) is 19.1 Å². The molecule has 0 spiro atoms. The molecule has 0 saturated carbocycles. The predicted molar refractivity (Wildman–Crippen MR) is 39.5 cm³/mol. The van der Waals surface area contributed by atoms with Gasteiger partial charge in [0.2, 0.25) is 5.91 Å². The first kappa shape index (κ1) is 9.43. The lowest BCUT2D eigenvalue weighted by atomic mass is 10.1. The van der Waals surface area contributed by atoms with Gasteiger partial charge in [-0.2, -0.15) is 0 Å². The topological polar surface area (TPSA) is 52.3 Å². The SMILES string of the molecule is CCOCC(CC)C(N)=O. The van der Waals surface area contributed by atoms with Crippen LogP contribution in [-0.2, 0) is 9.53 Å². The summed E-state index contributed by atoms with van der Waals surface area (Å²) in [6, 6.07) is 0. The van der Waals surface area contributed by atoms with Gasteiger partial charge in [0.1, 0.15) is 0 Å². The van der Waals surface area contributed by atoms with Crippen molar-refractivity contribution in [1.29, 1.82) is 0 Å². The number of carbonyl (C=O) groups is 1. The van der Waals surface area contributed by atoms with Gasteiger partial charge in [-0.3, -0.25) is 4.79 Å². The highest BCUT2D eigenvalue weighted by Gasteiger charge is 2.11. The minimum atomic E-state index is -0.268. The highest BCUT2D eigenvalue weighted by molar-refractivity contribution is 5.76. The zero-order valence-corrected chi connectivity index (χ0v) is 6.59. The number of hydrogen-bond acceptors (Lipinski definition) is 2. The number of carbonyl (C=O) groups excluding carboxylic acids is 1. The largest absolute Gasteiger partial charge is 0.381 e. The lowest BCUT2D eigenvalue weighted by Gasteiger charge is -2.09. The van der Waals surface area contributed by atoms with Crippen LogP contribution in [0.4, 0.5) is 0 Å². The monoisotopic (exact) mass is 145 g/mol.